The van der Waals surface area contributed by atoms with Crippen LogP contribution in [0, 0.1) is 0 Å². The first-order chi connectivity index (χ1) is 11.9. The van der Waals surface area contributed by atoms with Gasteiger partial charge in [-0.25, -0.2) is 0 Å². The Balaban J connectivity index is 2.13. The van der Waals surface area contributed by atoms with Crippen LogP contribution in [0.4, 0.5) is 0 Å². The van der Waals surface area contributed by atoms with E-state index in [9.17, 15) is 30.6 Å². The van der Waals surface area contributed by atoms with Gasteiger partial charge in [-0.1, -0.05) is 0 Å². The Bertz CT molecular complexity index is 406. The van der Waals surface area contributed by atoms with Crippen molar-refractivity contribution >= 4 is 0 Å². The van der Waals surface area contributed by atoms with E-state index < -0.39 is 74.6 Å². The van der Waals surface area contributed by atoms with E-state index in [1.54, 1.807) is 0 Å². The summed E-state index contributed by atoms with van der Waals surface area (Å²) in [7, 11) is 2.55. The summed E-state index contributed by atoms with van der Waals surface area (Å²) in [4.78, 5) is 0. The Morgan fingerprint density at radius 2 is 1.16 bits per heavy atom. The van der Waals surface area contributed by atoms with E-state index in [0.29, 0.717) is 0 Å². The summed E-state index contributed by atoms with van der Waals surface area (Å²) >= 11 is 0. The predicted molar refractivity (Wildman–Crippen MR) is 78.2 cm³/mol. The van der Waals surface area contributed by atoms with Crippen LogP contribution in [0.5, 0.6) is 0 Å². The van der Waals surface area contributed by atoms with Crippen molar-refractivity contribution in [2.45, 2.75) is 61.4 Å². The summed E-state index contributed by atoms with van der Waals surface area (Å²) < 4.78 is 26.0. The topological polar surface area (TPSA) is 168 Å². The maximum Gasteiger partial charge on any atom is 0.187 e. The number of aliphatic hydroxyl groups is 6. The molecule has 2 rings (SSSR count). The molecule has 2 heterocycles. The van der Waals surface area contributed by atoms with Gasteiger partial charge in [-0.15, -0.1) is 0 Å². The molecular weight excluding hydrogens is 344 g/mol. The van der Waals surface area contributed by atoms with Gasteiger partial charge in [0.15, 0.2) is 12.6 Å². The van der Waals surface area contributed by atoms with Crippen molar-refractivity contribution in [1.29, 1.82) is 0 Å². The fourth-order valence-corrected chi connectivity index (χ4v) is 3.03. The summed E-state index contributed by atoms with van der Waals surface area (Å²) in [5.41, 5.74) is 0. The van der Waals surface area contributed by atoms with Crippen LogP contribution < -0.4 is 0 Å². The highest BCUT2D eigenvalue weighted by atomic mass is 16.7. The van der Waals surface area contributed by atoms with Crippen molar-refractivity contribution in [3.05, 3.63) is 0 Å². The molecule has 2 saturated heterocycles. The predicted octanol–water partition coefficient (Wildman–Crippen LogP) is -4.09. The molecule has 0 radical (unpaired) electrons. The lowest BCUT2D eigenvalue weighted by molar-refractivity contribution is -0.358. The van der Waals surface area contributed by atoms with Gasteiger partial charge in [0.05, 0.1) is 13.2 Å². The summed E-state index contributed by atoms with van der Waals surface area (Å²) in [6.45, 7) is -1.08. The SMILES string of the molecule is CO[C@@H]1O[C@H](CO)[C@@H](O[C@@H]2O[C@H](CO)[C@@H](OC)[C@H](O)[C@H]2O)[C@H](O)[C@H]1O. The van der Waals surface area contributed by atoms with Gasteiger partial charge < -0.3 is 54.3 Å². The van der Waals surface area contributed by atoms with Gasteiger partial charge in [-0.2, -0.15) is 0 Å². The van der Waals surface area contributed by atoms with Crippen molar-refractivity contribution in [3.8, 4) is 0 Å². The molecule has 0 aliphatic carbocycles. The lowest BCUT2D eigenvalue weighted by Gasteiger charge is -2.46. The lowest BCUT2D eigenvalue weighted by Crippen LogP contribution is -2.64. The molecule has 2 aliphatic heterocycles. The van der Waals surface area contributed by atoms with Crippen molar-refractivity contribution < 1.29 is 54.3 Å². The summed E-state index contributed by atoms with van der Waals surface area (Å²) in [5.74, 6) is 0. The lowest BCUT2D eigenvalue weighted by atomic mass is 9.97. The molecule has 0 amide bonds. The van der Waals surface area contributed by atoms with Gasteiger partial charge >= 0.3 is 0 Å². The van der Waals surface area contributed by atoms with Crippen LogP contribution in [0.25, 0.3) is 0 Å². The molecule has 0 spiro atoms. The molecule has 25 heavy (non-hydrogen) atoms. The average molecular weight is 370 g/mol. The van der Waals surface area contributed by atoms with Crippen LogP contribution in [0.15, 0.2) is 0 Å². The highest BCUT2D eigenvalue weighted by molar-refractivity contribution is 4.94. The van der Waals surface area contributed by atoms with Crippen LogP contribution in [0.1, 0.15) is 0 Å². The molecule has 0 aromatic rings. The van der Waals surface area contributed by atoms with E-state index in [0.717, 1.165) is 0 Å². The van der Waals surface area contributed by atoms with Gasteiger partial charge in [0.2, 0.25) is 0 Å². The summed E-state index contributed by atoms with van der Waals surface area (Å²) in [6.07, 6.45) is -12.9. The van der Waals surface area contributed by atoms with E-state index in [1.165, 1.54) is 14.2 Å². The minimum atomic E-state index is -1.56. The maximum absolute atomic E-state index is 10.2. The largest absolute Gasteiger partial charge is 0.394 e. The second-order valence-electron chi connectivity index (χ2n) is 5.95. The monoisotopic (exact) mass is 370 g/mol. The molecule has 2 aliphatic rings. The first kappa shape index (κ1) is 20.9. The zero-order chi connectivity index (χ0) is 18.7. The molecular formula is C14H26O11. The standard InChI is InChI=1S/C14H26O11/c1-21-11-5(3-15)24-14(10(20)7(11)17)25-12-6(4-16)23-13(22-2)9(19)8(12)18/h5-20H,3-4H2,1-2H3/t5-,6-,7-,8-,9-,10-,11-,12-,13-,14+/m1/s1. The van der Waals surface area contributed by atoms with Crippen LogP contribution >= 0.6 is 0 Å². The Hall–Kier alpha value is -0.440. The molecule has 0 aromatic heterocycles. The van der Waals surface area contributed by atoms with Crippen LogP contribution in [0.2, 0.25) is 0 Å². The van der Waals surface area contributed by atoms with Gasteiger partial charge in [0, 0.05) is 14.2 Å². The minimum Gasteiger partial charge on any atom is -0.394 e. The average Bonchev–Trinajstić information content (AvgIpc) is 2.62. The van der Waals surface area contributed by atoms with E-state index in [4.69, 9.17) is 23.7 Å². The van der Waals surface area contributed by atoms with Gasteiger partial charge in [0.1, 0.15) is 48.8 Å². The first-order valence-corrected chi connectivity index (χ1v) is 7.85. The summed E-state index contributed by atoms with van der Waals surface area (Å²) in [5, 5.41) is 59.3. The number of ether oxygens (including phenoxy) is 5. The Morgan fingerprint density at radius 3 is 1.68 bits per heavy atom. The Kier molecular flexibility index (Phi) is 7.49. The van der Waals surface area contributed by atoms with Crippen LogP contribution in [-0.4, -0.2) is 119 Å². The normalized spacial score (nSPS) is 48.5. The zero-order valence-electron chi connectivity index (χ0n) is 13.9. The van der Waals surface area contributed by atoms with Crippen molar-refractivity contribution in [2.24, 2.45) is 0 Å². The van der Waals surface area contributed by atoms with E-state index in [-0.39, 0.29) is 0 Å². The molecule has 10 atom stereocenters. The highest BCUT2D eigenvalue weighted by Gasteiger charge is 2.50. The number of aliphatic hydroxyl groups excluding tert-OH is 6. The number of hydrogen-bond donors (Lipinski definition) is 6. The number of methoxy groups -OCH3 is 2. The zero-order valence-corrected chi connectivity index (χ0v) is 13.9. The minimum absolute atomic E-state index is 0.510. The Labute approximate surface area is 144 Å². The van der Waals surface area contributed by atoms with Gasteiger partial charge in [-0.05, 0) is 0 Å². The number of hydrogen-bond acceptors (Lipinski definition) is 11. The fourth-order valence-electron chi connectivity index (χ4n) is 3.03. The van der Waals surface area contributed by atoms with Crippen molar-refractivity contribution in [1.82, 2.24) is 0 Å². The molecule has 6 N–H and O–H groups in total. The third kappa shape index (κ3) is 4.12. The van der Waals surface area contributed by atoms with E-state index >= 15 is 0 Å². The second kappa shape index (κ2) is 8.97. The van der Waals surface area contributed by atoms with Gasteiger partial charge in [-0.3, -0.25) is 0 Å². The van der Waals surface area contributed by atoms with E-state index in [2.05, 4.69) is 0 Å². The Morgan fingerprint density at radius 1 is 0.680 bits per heavy atom. The maximum atomic E-state index is 10.2. The molecule has 0 saturated carbocycles. The van der Waals surface area contributed by atoms with Crippen molar-refractivity contribution in [2.75, 3.05) is 27.4 Å². The molecule has 11 nitrogen and oxygen atoms in total. The van der Waals surface area contributed by atoms with Gasteiger partial charge in [0.25, 0.3) is 0 Å². The third-order valence-electron chi connectivity index (χ3n) is 4.44. The molecule has 0 bridgehead atoms. The molecule has 0 aromatic carbocycles. The molecule has 2 fully saturated rings. The summed E-state index contributed by atoms with van der Waals surface area (Å²) in [6, 6.07) is 0. The fraction of sp³-hybridized carbons (Fsp3) is 1.00. The van der Waals surface area contributed by atoms with Crippen LogP contribution in [-0.2, 0) is 23.7 Å². The third-order valence-corrected chi connectivity index (χ3v) is 4.44. The number of rotatable bonds is 6. The quantitative estimate of drug-likeness (QED) is 0.269. The van der Waals surface area contributed by atoms with E-state index in [1.807, 2.05) is 0 Å². The van der Waals surface area contributed by atoms with Crippen LogP contribution in [0.3, 0.4) is 0 Å². The molecule has 11 heteroatoms. The molecule has 148 valence electrons. The second-order valence-corrected chi connectivity index (χ2v) is 5.95. The molecule has 0 unspecified atom stereocenters. The van der Waals surface area contributed by atoms with Crippen molar-refractivity contribution in [3.63, 3.8) is 0 Å². The first-order valence-electron chi connectivity index (χ1n) is 7.85. The highest BCUT2D eigenvalue weighted by Crippen LogP contribution is 2.29. The smallest absolute Gasteiger partial charge is 0.187 e.